The molecule has 1 fully saturated rings. The summed E-state index contributed by atoms with van der Waals surface area (Å²) in [6.07, 6.45) is 2.51. The zero-order valence-electron chi connectivity index (χ0n) is 13.9. The molecule has 0 aliphatic carbocycles. The molecule has 3 aromatic carbocycles. The van der Waals surface area contributed by atoms with Crippen molar-refractivity contribution in [2.45, 2.75) is 25.5 Å². The van der Waals surface area contributed by atoms with Gasteiger partial charge in [-0.25, -0.2) is 0 Å². The fourth-order valence-corrected chi connectivity index (χ4v) is 3.50. The van der Waals surface area contributed by atoms with Crippen LogP contribution in [0.2, 0.25) is 0 Å². The zero-order valence-corrected chi connectivity index (χ0v) is 13.9. The first-order valence-corrected chi connectivity index (χ1v) is 8.79. The molecule has 0 saturated carbocycles. The fraction of sp³-hybridized carbons (Fsp3) is 0.273. The van der Waals surface area contributed by atoms with Crippen LogP contribution in [-0.2, 0) is 6.54 Å². The lowest BCUT2D eigenvalue weighted by Crippen LogP contribution is -2.37. The quantitative estimate of drug-likeness (QED) is 0.680. The Kier molecular flexibility index (Phi) is 4.48. The van der Waals surface area contributed by atoms with Crippen LogP contribution in [0.1, 0.15) is 18.4 Å². The average molecular weight is 317 g/mol. The van der Waals surface area contributed by atoms with Gasteiger partial charge in [-0.1, -0.05) is 66.7 Å². The first-order valence-electron chi connectivity index (χ1n) is 8.79. The molecule has 1 heterocycles. The van der Waals surface area contributed by atoms with Gasteiger partial charge in [0.1, 0.15) is 11.9 Å². The van der Waals surface area contributed by atoms with Crippen LogP contribution >= 0.6 is 0 Å². The number of hydrogen-bond acceptors (Lipinski definition) is 2. The molecule has 0 bridgehead atoms. The van der Waals surface area contributed by atoms with Crippen molar-refractivity contribution in [3.05, 3.63) is 78.4 Å². The Morgan fingerprint density at radius 1 is 0.792 bits per heavy atom. The number of rotatable bonds is 4. The molecule has 0 aromatic heterocycles. The number of fused-ring (bicyclic) bond motifs is 1. The van der Waals surface area contributed by atoms with E-state index in [4.69, 9.17) is 4.74 Å². The van der Waals surface area contributed by atoms with Crippen molar-refractivity contribution in [2.75, 3.05) is 13.1 Å². The molecule has 2 nitrogen and oxygen atoms in total. The standard InChI is InChI=1S/C22H23NO/c1-2-7-18(8-3-1)17-23-15-13-20(14-16-23)24-22-12-6-10-19-9-4-5-11-21(19)22/h1-12,20H,13-17H2. The van der Waals surface area contributed by atoms with Gasteiger partial charge in [0, 0.05) is 25.0 Å². The summed E-state index contributed by atoms with van der Waals surface area (Å²) in [7, 11) is 0. The molecule has 0 amide bonds. The summed E-state index contributed by atoms with van der Waals surface area (Å²) in [6.45, 7) is 3.25. The Labute approximate surface area is 143 Å². The number of hydrogen-bond donors (Lipinski definition) is 0. The van der Waals surface area contributed by atoms with Crippen LogP contribution in [0.25, 0.3) is 10.8 Å². The molecule has 4 rings (SSSR count). The van der Waals surface area contributed by atoms with Crippen LogP contribution in [0.15, 0.2) is 72.8 Å². The predicted molar refractivity (Wildman–Crippen MR) is 99.3 cm³/mol. The van der Waals surface area contributed by atoms with E-state index in [1.54, 1.807) is 0 Å². The number of benzene rings is 3. The Balaban J connectivity index is 1.38. The van der Waals surface area contributed by atoms with E-state index in [9.17, 15) is 0 Å². The monoisotopic (exact) mass is 317 g/mol. The van der Waals surface area contributed by atoms with E-state index in [-0.39, 0.29) is 0 Å². The highest BCUT2D eigenvalue weighted by atomic mass is 16.5. The third-order valence-corrected chi connectivity index (χ3v) is 4.83. The highest BCUT2D eigenvalue weighted by molar-refractivity contribution is 5.88. The second kappa shape index (κ2) is 7.06. The number of likely N-dealkylation sites (tertiary alicyclic amines) is 1. The topological polar surface area (TPSA) is 12.5 Å². The summed E-state index contributed by atoms with van der Waals surface area (Å²) in [5.74, 6) is 1.02. The normalized spacial score (nSPS) is 16.3. The van der Waals surface area contributed by atoms with E-state index in [1.165, 1.54) is 16.3 Å². The summed E-state index contributed by atoms with van der Waals surface area (Å²) < 4.78 is 6.34. The van der Waals surface area contributed by atoms with E-state index in [0.717, 1.165) is 38.2 Å². The van der Waals surface area contributed by atoms with Gasteiger partial charge in [0.15, 0.2) is 0 Å². The number of piperidine rings is 1. The maximum atomic E-state index is 6.34. The van der Waals surface area contributed by atoms with E-state index >= 15 is 0 Å². The van der Waals surface area contributed by atoms with E-state index in [2.05, 4.69) is 77.7 Å². The molecular formula is C22H23NO. The van der Waals surface area contributed by atoms with Crippen LogP contribution in [0.5, 0.6) is 5.75 Å². The number of nitrogens with zero attached hydrogens (tertiary/aromatic N) is 1. The predicted octanol–water partition coefficient (Wildman–Crippen LogP) is 4.88. The lowest BCUT2D eigenvalue weighted by molar-refractivity contribution is 0.0980. The summed E-state index contributed by atoms with van der Waals surface area (Å²) in [6, 6.07) is 25.5. The smallest absolute Gasteiger partial charge is 0.127 e. The van der Waals surface area contributed by atoms with Gasteiger partial charge in [0.25, 0.3) is 0 Å². The van der Waals surface area contributed by atoms with Gasteiger partial charge in [-0.2, -0.15) is 0 Å². The summed E-state index contributed by atoms with van der Waals surface area (Å²) in [5, 5.41) is 2.46. The summed E-state index contributed by atoms with van der Waals surface area (Å²) in [4.78, 5) is 2.53. The Morgan fingerprint density at radius 3 is 2.33 bits per heavy atom. The minimum Gasteiger partial charge on any atom is -0.490 e. The molecule has 24 heavy (non-hydrogen) atoms. The molecule has 3 aromatic rings. The minimum atomic E-state index is 0.322. The molecule has 0 N–H and O–H groups in total. The van der Waals surface area contributed by atoms with Crippen LogP contribution in [-0.4, -0.2) is 24.1 Å². The minimum absolute atomic E-state index is 0.322. The van der Waals surface area contributed by atoms with Crippen LogP contribution in [0.3, 0.4) is 0 Å². The van der Waals surface area contributed by atoms with Crippen molar-refractivity contribution in [1.29, 1.82) is 0 Å². The second-order valence-electron chi connectivity index (χ2n) is 6.56. The highest BCUT2D eigenvalue weighted by Gasteiger charge is 2.21. The Hall–Kier alpha value is -2.32. The molecule has 0 radical (unpaired) electrons. The van der Waals surface area contributed by atoms with Gasteiger partial charge in [-0.15, -0.1) is 0 Å². The van der Waals surface area contributed by atoms with Crippen molar-refractivity contribution < 1.29 is 4.74 Å². The first kappa shape index (κ1) is 15.2. The van der Waals surface area contributed by atoms with Gasteiger partial charge >= 0.3 is 0 Å². The van der Waals surface area contributed by atoms with Crippen molar-refractivity contribution in [3.63, 3.8) is 0 Å². The van der Waals surface area contributed by atoms with Crippen molar-refractivity contribution in [2.24, 2.45) is 0 Å². The molecule has 1 aliphatic heterocycles. The lowest BCUT2D eigenvalue weighted by Gasteiger charge is -2.32. The number of ether oxygens (including phenoxy) is 1. The molecule has 0 unspecified atom stereocenters. The molecule has 1 aliphatic rings. The lowest BCUT2D eigenvalue weighted by atomic mass is 10.1. The maximum absolute atomic E-state index is 6.34. The Bertz CT molecular complexity index is 786. The van der Waals surface area contributed by atoms with Crippen molar-refractivity contribution >= 4 is 10.8 Å². The third-order valence-electron chi connectivity index (χ3n) is 4.83. The van der Waals surface area contributed by atoms with E-state index in [0.29, 0.717) is 6.10 Å². The largest absolute Gasteiger partial charge is 0.490 e. The molecule has 0 atom stereocenters. The average Bonchev–Trinajstić information content (AvgIpc) is 2.65. The van der Waals surface area contributed by atoms with Gasteiger partial charge in [-0.3, -0.25) is 4.90 Å². The van der Waals surface area contributed by atoms with Crippen molar-refractivity contribution in [3.8, 4) is 5.75 Å². The van der Waals surface area contributed by atoms with Gasteiger partial charge in [0.05, 0.1) is 0 Å². The molecule has 122 valence electrons. The molecular weight excluding hydrogens is 294 g/mol. The SMILES string of the molecule is c1ccc(CN2CCC(Oc3cccc4ccccc34)CC2)cc1. The first-order chi connectivity index (χ1) is 11.9. The van der Waals surface area contributed by atoms with Crippen LogP contribution < -0.4 is 4.74 Å². The third kappa shape index (κ3) is 3.44. The molecule has 0 spiro atoms. The fourth-order valence-electron chi connectivity index (χ4n) is 3.50. The van der Waals surface area contributed by atoms with E-state index < -0.39 is 0 Å². The van der Waals surface area contributed by atoms with Crippen LogP contribution in [0, 0.1) is 0 Å². The molecule has 1 saturated heterocycles. The maximum Gasteiger partial charge on any atom is 0.127 e. The summed E-state index contributed by atoms with van der Waals surface area (Å²) in [5.41, 5.74) is 1.39. The van der Waals surface area contributed by atoms with Crippen molar-refractivity contribution in [1.82, 2.24) is 4.90 Å². The zero-order chi connectivity index (χ0) is 16.2. The highest BCUT2D eigenvalue weighted by Crippen LogP contribution is 2.28. The van der Waals surface area contributed by atoms with Gasteiger partial charge in [0.2, 0.25) is 0 Å². The molecule has 2 heteroatoms. The van der Waals surface area contributed by atoms with E-state index in [1.807, 2.05) is 0 Å². The summed E-state index contributed by atoms with van der Waals surface area (Å²) >= 11 is 0. The van der Waals surface area contributed by atoms with Gasteiger partial charge in [-0.05, 0) is 29.9 Å². The second-order valence-corrected chi connectivity index (χ2v) is 6.56. The van der Waals surface area contributed by atoms with Gasteiger partial charge < -0.3 is 4.74 Å². The van der Waals surface area contributed by atoms with Crippen LogP contribution in [0.4, 0.5) is 0 Å². The Morgan fingerprint density at radius 2 is 1.50 bits per heavy atom.